The van der Waals surface area contributed by atoms with Crippen LogP contribution in [0.2, 0.25) is 0 Å². The molecule has 1 aliphatic rings. The maximum Gasteiger partial charge on any atom is 0.261 e. The molecule has 1 aliphatic heterocycles. The van der Waals surface area contributed by atoms with Gasteiger partial charge < -0.3 is 5.32 Å². The Morgan fingerprint density at radius 1 is 1.29 bits per heavy atom. The van der Waals surface area contributed by atoms with Gasteiger partial charge in [-0.05, 0) is 12.1 Å². The number of aryl methyl sites for hydroxylation is 1. The topological polar surface area (TPSA) is 112 Å². The van der Waals surface area contributed by atoms with E-state index >= 15 is 0 Å². The molecule has 2 aromatic rings. The van der Waals surface area contributed by atoms with Gasteiger partial charge in [-0.2, -0.15) is 11.1 Å². The van der Waals surface area contributed by atoms with Crippen LogP contribution in [0.25, 0.3) is 10.9 Å². The van der Waals surface area contributed by atoms with Gasteiger partial charge in [0.05, 0.1) is 17.2 Å². The van der Waals surface area contributed by atoms with Gasteiger partial charge in [-0.25, -0.2) is 15.8 Å². The molecule has 21 heavy (non-hydrogen) atoms. The number of nitrogens with zero attached hydrogens (tertiary/aromatic N) is 2. The molecule has 110 valence electrons. The summed E-state index contributed by atoms with van der Waals surface area (Å²) < 4.78 is 1.44. The smallest absolute Gasteiger partial charge is 0.261 e. The Kier molecular flexibility index (Phi) is 3.88. The molecule has 9 nitrogen and oxygen atoms in total. The van der Waals surface area contributed by atoms with Crippen molar-refractivity contribution in [3.63, 3.8) is 0 Å². The summed E-state index contributed by atoms with van der Waals surface area (Å²) in [4.78, 5) is 28.2. The zero-order chi connectivity index (χ0) is 14.7. The van der Waals surface area contributed by atoms with Crippen molar-refractivity contribution < 1.29 is 4.79 Å². The van der Waals surface area contributed by atoms with Crippen molar-refractivity contribution in [3.05, 3.63) is 40.9 Å². The number of benzene rings is 1. The number of amides is 1. The van der Waals surface area contributed by atoms with Gasteiger partial charge in [0.25, 0.3) is 5.56 Å². The van der Waals surface area contributed by atoms with Gasteiger partial charge in [0.2, 0.25) is 5.91 Å². The molecule has 0 spiro atoms. The van der Waals surface area contributed by atoms with E-state index in [9.17, 15) is 9.59 Å². The van der Waals surface area contributed by atoms with Crippen LogP contribution in [0.5, 0.6) is 0 Å². The third-order valence-corrected chi connectivity index (χ3v) is 3.11. The normalized spacial score (nSPS) is 15.4. The lowest BCUT2D eigenvalue weighted by Crippen LogP contribution is -2.49. The van der Waals surface area contributed by atoms with Crippen LogP contribution in [0.1, 0.15) is 6.42 Å². The molecule has 1 fully saturated rings. The Hall–Kier alpha value is -2.33. The standard InChI is InChI=1S/C12H15N7O2/c20-10(14-12-15-17-18-16-12)5-6-19-7-13-9-4-2-1-3-8(9)11(19)21/h1-4,7,12,15-18H,5-6H2,(H,14,20). The van der Waals surface area contributed by atoms with Crippen LogP contribution >= 0.6 is 0 Å². The average Bonchev–Trinajstić information content (AvgIpc) is 3.00. The van der Waals surface area contributed by atoms with Crippen molar-refractivity contribution >= 4 is 16.8 Å². The molecule has 0 aliphatic carbocycles. The van der Waals surface area contributed by atoms with Crippen molar-refractivity contribution in [1.29, 1.82) is 0 Å². The molecular weight excluding hydrogens is 274 g/mol. The Bertz CT molecular complexity index is 708. The first-order valence-corrected chi connectivity index (χ1v) is 6.49. The van der Waals surface area contributed by atoms with Crippen molar-refractivity contribution in [2.75, 3.05) is 0 Å². The van der Waals surface area contributed by atoms with Gasteiger partial charge >= 0.3 is 0 Å². The summed E-state index contributed by atoms with van der Waals surface area (Å²) in [5, 5.41) is 3.23. The average molecular weight is 289 g/mol. The van der Waals surface area contributed by atoms with Crippen LogP contribution < -0.4 is 32.8 Å². The highest BCUT2D eigenvalue weighted by Gasteiger charge is 2.14. The van der Waals surface area contributed by atoms with Gasteiger partial charge in [0.15, 0.2) is 6.29 Å². The van der Waals surface area contributed by atoms with Gasteiger partial charge in [0, 0.05) is 13.0 Å². The summed E-state index contributed by atoms with van der Waals surface area (Å²) in [7, 11) is 0. The van der Waals surface area contributed by atoms with E-state index in [0.717, 1.165) is 0 Å². The molecule has 1 aromatic carbocycles. The first-order chi connectivity index (χ1) is 10.2. The van der Waals surface area contributed by atoms with E-state index in [0.29, 0.717) is 10.9 Å². The molecule has 1 saturated heterocycles. The minimum atomic E-state index is -0.399. The number of fused-ring (bicyclic) bond motifs is 1. The van der Waals surface area contributed by atoms with E-state index in [1.807, 2.05) is 6.07 Å². The van der Waals surface area contributed by atoms with Crippen molar-refractivity contribution in [2.45, 2.75) is 19.3 Å². The van der Waals surface area contributed by atoms with Crippen molar-refractivity contribution in [1.82, 2.24) is 36.8 Å². The maximum atomic E-state index is 12.2. The number of hydrogen-bond donors (Lipinski definition) is 5. The summed E-state index contributed by atoms with van der Waals surface area (Å²) in [6, 6.07) is 7.13. The van der Waals surface area contributed by atoms with Crippen LogP contribution in [-0.2, 0) is 11.3 Å². The monoisotopic (exact) mass is 289 g/mol. The second-order valence-corrected chi connectivity index (χ2v) is 4.55. The second kappa shape index (κ2) is 5.97. The van der Waals surface area contributed by atoms with E-state index in [2.05, 4.69) is 32.2 Å². The van der Waals surface area contributed by atoms with Gasteiger partial charge in [0.1, 0.15) is 0 Å². The Balaban J connectivity index is 1.66. The van der Waals surface area contributed by atoms with Gasteiger partial charge in [-0.1, -0.05) is 12.1 Å². The van der Waals surface area contributed by atoms with Crippen LogP contribution in [0, 0.1) is 0 Å². The highest BCUT2D eigenvalue weighted by atomic mass is 16.2. The summed E-state index contributed by atoms with van der Waals surface area (Å²) >= 11 is 0. The Labute approximate surface area is 119 Å². The Morgan fingerprint density at radius 2 is 2.05 bits per heavy atom. The molecule has 1 aromatic heterocycles. The fourth-order valence-electron chi connectivity index (χ4n) is 2.05. The quantitative estimate of drug-likeness (QED) is 0.456. The number of hydrogen-bond acceptors (Lipinski definition) is 7. The van der Waals surface area contributed by atoms with E-state index in [1.165, 1.54) is 10.9 Å². The zero-order valence-electron chi connectivity index (χ0n) is 11.1. The maximum absolute atomic E-state index is 12.2. The number of rotatable bonds is 4. The highest BCUT2D eigenvalue weighted by molar-refractivity contribution is 5.77. The summed E-state index contributed by atoms with van der Waals surface area (Å²) in [6.45, 7) is 0.274. The molecule has 0 radical (unpaired) electrons. The van der Waals surface area contributed by atoms with E-state index in [4.69, 9.17) is 0 Å². The first-order valence-electron chi connectivity index (χ1n) is 6.49. The summed E-state index contributed by atoms with van der Waals surface area (Å²) in [5.41, 5.74) is 11.2. The highest BCUT2D eigenvalue weighted by Crippen LogP contribution is 2.04. The first kappa shape index (κ1) is 13.6. The predicted octanol–water partition coefficient (Wildman–Crippen LogP) is -1.70. The predicted molar refractivity (Wildman–Crippen MR) is 75.1 cm³/mol. The van der Waals surface area contributed by atoms with Crippen LogP contribution in [0.15, 0.2) is 35.4 Å². The number of nitrogens with one attached hydrogen (secondary N) is 5. The van der Waals surface area contributed by atoms with E-state index in [-0.39, 0.29) is 24.4 Å². The molecule has 5 N–H and O–H groups in total. The van der Waals surface area contributed by atoms with E-state index < -0.39 is 6.29 Å². The molecule has 9 heteroatoms. The van der Waals surface area contributed by atoms with E-state index in [1.54, 1.807) is 18.2 Å². The summed E-state index contributed by atoms with van der Waals surface area (Å²) in [5.74, 6) is -0.189. The fourth-order valence-corrected chi connectivity index (χ4v) is 2.05. The number of hydrazine groups is 3. The zero-order valence-corrected chi connectivity index (χ0v) is 11.1. The lowest BCUT2D eigenvalue weighted by molar-refractivity contribution is -0.122. The fraction of sp³-hybridized carbons (Fsp3) is 0.250. The van der Waals surface area contributed by atoms with Crippen molar-refractivity contribution in [2.24, 2.45) is 0 Å². The number of aromatic nitrogens is 2. The van der Waals surface area contributed by atoms with Gasteiger partial charge in [-0.15, -0.1) is 0 Å². The molecule has 3 rings (SSSR count). The summed E-state index contributed by atoms with van der Waals surface area (Å²) in [6.07, 6.45) is 1.25. The largest absolute Gasteiger partial charge is 0.326 e. The van der Waals surface area contributed by atoms with Crippen molar-refractivity contribution in [3.8, 4) is 0 Å². The molecular formula is C12H15N7O2. The van der Waals surface area contributed by atoms with Gasteiger partial charge in [-0.3, -0.25) is 14.2 Å². The van der Waals surface area contributed by atoms with Crippen LogP contribution in [0.3, 0.4) is 0 Å². The third kappa shape index (κ3) is 3.06. The van der Waals surface area contributed by atoms with Crippen LogP contribution in [0.4, 0.5) is 0 Å². The lowest BCUT2D eigenvalue weighted by atomic mass is 10.2. The molecule has 0 saturated carbocycles. The lowest BCUT2D eigenvalue weighted by Gasteiger charge is -2.11. The third-order valence-electron chi connectivity index (χ3n) is 3.11. The molecule has 0 atom stereocenters. The molecule has 0 unspecified atom stereocenters. The number of carbonyl (C=O) groups excluding carboxylic acids is 1. The number of para-hydroxylation sites is 1. The number of carbonyl (C=O) groups is 1. The Morgan fingerprint density at radius 3 is 2.86 bits per heavy atom. The second-order valence-electron chi connectivity index (χ2n) is 4.55. The van der Waals surface area contributed by atoms with Crippen LogP contribution in [-0.4, -0.2) is 21.7 Å². The molecule has 2 heterocycles. The minimum Gasteiger partial charge on any atom is -0.326 e. The minimum absolute atomic E-state index is 0.145. The SMILES string of the molecule is O=C(CCn1cnc2ccccc2c1=O)NC1NNNN1. The molecule has 0 bridgehead atoms. The molecule has 1 amide bonds.